The number of hydrogen-bond donors (Lipinski definition) is 2. The molecule has 1 fully saturated rings. The SMILES string of the molecule is O=C(COc1cc(Cl)ccc1Cl)NCC1CCCC1O. The first-order chi connectivity index (χ1) is 9.56. The van der Waals surface area contributed by atoms with Crippen LogP contribution in [0.3, 0.4) is 0 Å². The summed E-state index contributed by atoms with van der Waals surface area (Å²) in [6.45, 7) is 0.357. The Bertz CT molecular complexity index is 481. The highest BCUT2D eigenvalue weighted by atomic mass is 35.5. The molecule has 110 valence electrons. The molecule has 2 rings (SSSR count). The zero-order valence-electron chi connectivity index (χ0n) is 10.9. The number of nitrogens with one attached hydrogen (secondary N) is 1. The van der Waals surface area contributed by atoms with Crippen molar-refractivity contribution in [2.75, 3.05) is 13.2 Å². The number of aliphatic hydroxyl groups is 1. The molecule has 0 saturated heterocycles. The first kappa shape index (κ1) is 15.4. The van der Waals surface area contributed by atoms with E-state index in [1.54, 1.807) is 18.2 Å². The third kappa shape index (κ3) is 4.27. The second-order valence-electron chi connectivity index (χ2n) is 4.93. The number of rotatable bonds is 5. The predicted molar refractivity (Wildman–Crippen MR) is 78.3 cm³/mol. The largest absolute Gasteiger partial charge is 0.482 e. The molecular weight excluding hydrogens is 301 g/mol. The number of carbonyl (C=O) groups is 1. The van der Waals surface area contributed by atoms with Crippen LogP contribution in [0.1, 0.15) is 19.3 Å². The van der Waals surface area contributed by atoms with E-state index in [-0.39, 0.29) is 24.5 Å². The molecule has 1 aromatic carbocycles. The van der Waals surface area contributed by atoms with Crippen molar-refractivity contribution in [3.63, 3.8) is 0 Å². The summed E-state index contributed by atoms with van der Waals surface area (Å²) in [5.41, 5.74) is 0. The van der Waals surface area contributed by atoms with E-state index in [1.807, 2.05) is 0 Å². The average molecular weight is 318 g/mol. The van der Waals surface area contributed by atoms with Gasteiger partial charge in [0.1, 0.15) is 5.75 Å². The maximum absolute atomic E-state index is 11.7. The molecule has 0 aromatic heterocycles. The van der Waals surface area contributed by atoms with Crippen molar-refractivity contribution in [1.29, 1.82) is 0 Å². The van der Waals surface area contributed by atoms with Crippen LogP contribution in [0.5, 0.6) is 5.75 Å². The molecule has 1 aromatic rings. The molecule has 1 amide bonds. The third-order valence-electron chi connectivity index (χ3n) is 3.43. The van der Waals surface area contributed by atoms with Gasteiger partial charge in [0.25, 0.3) is 5.91 Å². The van der Waals surface area contributed by atoms with E-state index in [1.165, 1.54) is 0 Å². The van der Waals surface area contributed by atoms with E-state index in [4.69, 9.17) is 27.9 Å². The van der Waals surface area contributed by atoms with E-state index in [0.717, 1.165) is 19.3 Å². The van der Waals surface area contributed by atoms with Crippen LogP contribution in [0.2, 0.25) is 10.0 Å². The Balaban J connectivity index is 1.76. The highest BCUT2D eigenvalue weighted by molar-refractivity contribution is 6.34. The van der Waals surface area contributed by atoms with Gasteiger partial charge in [0, 0.05) is 23.6 Å². The van der Waals surface area contributed by atoms with Crippen LogP contribution < -0.4 is 10.1 Å². The standard InChI is InChI=1S/C14H17Cl2NO3/c15-10-4-5-11(16)13(6-10)20-8-14(19)17-7-9-2-1-3-12(9)18/h4-6,9,12,18H,1-3,7-8H2,(H,17,19). The molecule has 0 spiro atoms. The van der Waals surface area contributed by atoms with E-state index >= 15 is 0 Å². The quantitative estimate of drug-likeness (QED) is 0.877. The Morgan fingerprint density at radius 2 is 2.20 bits per heavy atom. The van der Waals surface area contributed by atoms with Gasteiger partial charge >= 0.3 is 0 Å². The lowest BCUT2D eigenvalue weighted by Crippen LogP contribution is -2.35. The third-order valence-corrected chi connectivity index (χ3v) is 3.98. The summed E-state index contributed by atoms with van der Waals surface area (Å²) >= 11 is 11.8. The van der Waals surface area contributed by atoms with Crippen molar-refractivity contribution >= 4 is 29.1 Å². The summed E-state index contributed by atoms with van der Waals surface area (Å²) in [4.78, 5) is 11.7. The van der Waals surface area contributed by atoms with Crippen LogP contribution in [0.25, 0.3) is 0 Å². The smallest absolute Gasteiger partial charge is 0.257 e. The average Bonchev–Trinajstić information content (AvgIpc) is 2.83. The fraction of sp³-hybridized carbons (Fsp3) is 0.500. The molecule has 20 heavy (non-hydrogen) atoms. The summed E-state index contributed by atoms with van der Waals surface area (Å²) in [6, 6.07) is 4.84. The number of hydrogen-bond acceptors (Lipinski definition) is 3. The molecule has 1 saturated carbocycles. The molecule has 2 N–H and O–H groups in total. The number of aliphatic hydroxyl groups excluding tert-OH is 1. The van der Waals surface area contributed by atoms with Crippen LogP contribution >= 0.6 is 23.2 Å². The van der Waals surface area contributed by atoms with Gasteiger partial charge in [-0.2, -0.15) is 0 Å². The van der Waals surface area contributed by atoms with Gasteiger partial charge in [-0.15, -0.1) is 0 Å². The highest BCUT2D eigenvalue weighted by Crippen LogP contribution is 2.27. The first-order valence-corrected chi connectivity index (χ1v) is 7.34. The van der Waals surface area contributed by atoms with Crippen molar-refractivity contribution in [3.05, 3.63) is 28.2 Å². The fourth-order valence-corrected chi connectivity index (χ4v) is 2.62. The Morgan fingerprint density at radius 3 is 2.90 bits per heavy atom. The summed E-state index contributed by atoms with van der Waals surface area (Å²) in [6.07, 6.45) is 2.46. The molecule has 1 aliphatic carbocycles. The van der Waals surface area contributed by atoms with E-state index in [0.29, 0.717) is 22.3 Å². The van der Waals surface area contributed by atoms with Gasteiger partial charge in [0.05, 0.1) is 11.1 Å². The molecule has 2 unspecified atom stereocenters. The molecule has 1 aliphatic rings. The minimum Gasteiger partial charge on any atom is -0.482 e. The minimum atomic E-state index is -0.307. The Kier molecular flexibility index (Phi) is 5.52. The second kappa shape index (κ2) is 7.16. The van der Waals surface area contributed by atoms with Crippen molar-refractivity contribution in [2.45, 2.75) is 25.4 Å². The monoisotopic (exact) mass is 317 g/mol. The number of ether oxygens (including phenoxy) is 1. The number of benzene rings is 1. The maximum atomic E-state index is 11.7. The minimum absolute atomic E-state index is 0.122. The second-order valence-corrected chi connectivity index (χ2v) is 5.77. The zero-order chi connectivity index (χ0) is 14.5. The van der Waals surface area contributed by atoms with Crippen molar-refractivity contribution in [2.24, 2.45) is 5.92 Å². The first-order valence-electron chi connectivity index (χ1n) is 6.59. The lowest BCUT2D eigenvalue weighted by molar-refractivity contribution is -0.123. The number of carbonyl (C=O) groups excluding carboxylic acids is 1. The molecule has 0 heterocycles. The van der Waals surface area contributed by atoms with E-state index in [2.05, 4.69) is 5.32 Å². The van der Waals surface area contributed by atoms with Gasteiger partial charge in [-0.05, 0) is 25.0 Å². The molecule has 2 atom stereocenters. The molecule has 0 bridgehead atoms. The fourth-order valence-electron chi connectivity index (χ4n) is 2.28. The van der Waals surface area contributed by atoms with Crippen molar-refractivity contribution in [3.8, 4) is 5.75 Å². The van der Waals surface area contributed by atoms with Crippen LogP contribution in [-0.2, 0) is 4.79 Å². The Hall–Kier alpha value is -0.970. The van der Waals surface area contributed by atoms with Crippen molar-refractivity contribution in [1.82, 2.24) is 5.32 Å². The van der Waals surface area contributed by atoms with E-state index < -0.39 is 0 Å². The van der Waals surface area contributed by atoms with Gasteiger partial charge in [-0.25, -0.2) is 0 Å². The summed E-state index contributed by atoms with van der Waals surface area (Å²) in [7, 11) is 0. The lowest BCUT2D eigenvalue weighted by atomic mass is 10.1. The molecular formula is C14H17Cl2NO3. The van der Waals surface area contributed by atoms with Crippen LogP contribution in [0.4, 0.5) is 0 Å². The van der Waals surface area contributed by atoms with Gasteiger partial charge in [-0.1, -0.05) is 29.6 Å². The van der Waals surface area contributed by atoms with Crippen LogP contribution in [-0.4, -0.2) is 30.3 Å². The maximum Gasteiger partial charge on any atom is 0.257 e. The zero-order valence-corrected chi connectivity index (χ0v) is 12.5. The molecule has 0 radical (unpaired) electrons. The topological polar surface area (TPSA) is 58.6 Å². The highest BCUT2D eigenvalue weighted by Gasteiger charge is 2.25. The summed E-state index contributed by atoms with van der Waals surface area (Å²) < 4.78 is 5.33. The summed E-state index contributed by atoms with van der Waals surface area (Å²) in [5, 5.41) is 13.3. The van der Waals surface area contributed by atoms with Crippen LogP contribution in [0, 0.1) is 5.92 Å². The van der Waals surface area contributed by atoms with Crippen LogP contribution in [0.15, 0.2) is 18.2 Å². The number of amides is 1. The van der Waals surface area contributed by atoms with Gasteiger partial charge in [0.2, 0.25) is 0 Å². The van der Waals surface area contributed by atoms with Gasteiger partial charge in [-0.3, -0.25) is 4.79 Å². The van der Waals surface area contributed by atoms with Gasteiger partial charge in [0.15, 0.2) is 6.61 Å². The number of halogens is 2. The molecule has 6 heteroatoms. The summed E-state index contributed by atoms with van der Waals surface area (Å²) in [5.74, 6) is 0.295. The molecule has 0 aliphatic heterocycles. The van der Waals surface area contributed by atoms with Crippen molar-refractivity contribution < 1.29 is 14.6 Å². The predicted octanol–water partition coefficient (Wildman–Crippen LogP) is 2.65. The van der Waals surface area contributed by atoms with Gasteiger partial charge < -0.3 is 15.2 Å². The van der Waals surface area contributed by atoms with E-state index in [9.17, 15) is 9.90 Å². The lowest BCUT2D eigenvalue weighted by Gasteiger charge is -2.15. The normalized spacial score (nSPS) is 21.8. The molecule has 4 nitrogen and oxygen atoms in total. The Morgan fingerprint density at radius 1 is 1.40 bits per heavy atom. The Labute approximate surface area is 128 Å².